The summed E-state index contributed by atoms with van der Waals surface area (Å²) in [7, 11) is 0. The summed E-state index contributed by atoms with van der Waals surface area (Å²) in [5.41, 5.74) is 4.36. The van der Waals surface area contributed by atoms with Crippen LogP contribution in [0.5, 0.6) is 5.75 Å². The summed E-state index contributed by atoms with van der Waals surface area (Å²) in [6.45, 7) is 4.66. The summed E-state index contributed by atoms with van der Waals surface area (Å²) in [5, 5.41) is 15.0. The Morgan fingerprint density at radius 3 is 2.57 bits per heavy atom. The van der Waals surface area contributed by atoms with Crippen LogP contribution >= 0.6 is 0 Å². The minimum atomic E-state index is -0.345. The molecule has 6 heteroatoms. The van der Waals surface area contributed by atoms with E-state index in [4.69, 9.17) is 4.42 Å². The van der Waals surface area contributed by atoms with Gasteiger partial charge in [-0.1, -0.05) is 24.3 Å². The van der Waals surface area contributed by atoms with E-state index in [0.717, 1.165) is 27.4 Å². The van der Waals surface area contributed by atoms with Crippen molar-refractivity contribution >= 4 is 44.4 Å². The Hall–Kier alpha value is -3.93. The number of hydrogen-bond donors (Lipinski definition) is 1. The van der Waals surface area contributed by atoms with E-state index in [1.807, 2.05) is 62.4 Å². The molecule has 0 fully saturated rings. The molecule has 0 bridgehead atoms. The fourth-order valence-electron chi connectivity index (χ4n) is 4.24. The number of carbonyl (C=O) groups excluding carboxylic acids is 1. The molecule has 2 aromatic heterocycles. The van der Waals surface area contributed by atoms with Crippen LogP contribution in [0.25, 0.3) is 32.8 Å². The molecule has 0 saturated carbocycles. The van der Waals surface area contributed by atoms with E-state index in [-0.39, 0.29) is 17.4 Å². The van der Waals surface area contributed by atoms with Crippen LogP contribution < -0.4 is 0 Å². The van der Waals surface area contributed by atoms with Crippen molar-refractivity contribution in [2.75, 3.05) is 0 Å². The van der Waals surface area contributed by atoms with Gasteiger partial charge < -0.3 is 14.1 Å². The van der Waals surface area contributed by atoms with Gasteiger partial charge in [-0.25, -0.2) is 0 Å². The quantitative estimate of drug-likeness (QED) is 0.288. The lowest BCUT2D eigenvalue weighted by atomic mass is 9.97. The van der Waals surface area contributed by atoms with Gasteiger partial charge in [0, 0.05) is 33.8 Å². The van der Waals surface area contributed by atoms with Gasteiger partial charge in [-0.05, 0) is 49.7 Å². The molecule has 0 saturated heterocycles. The second-order valence-electron chi connectivity index (χ2n) is 7.30. The van der Waals surface area contributed by atoms with Gasteiger partial charge >= 0.3 is 5.88 Å². The molecule has 2 heterocycles. The van der Waals surface area contributed by atoms with E-state index in [0.29, 0.717) is 28.6 Å². The highest BCUT2D eigenvalue weighted by molar-refractivity contribution is 6.22. The predicted molar refractivity (Wildman–Crippen MR) is 117 cm³/mol. The van der Waals surface area contributed by atoms with Crippen LogP contribution in [0.2, 0.25) is 0 Å². The zero-order valence-corrected chi connectivity index (χ0v) is 16.5. The zero-order valence-electron chi connectivity index (χ0n) is 16.5. The van der Waals surface area contributed by atoms with Gasteiger partial charge in [0.05, 0.1) is 16.3 Å². The first-order valence-corrected chi connectivity index (χ1v) is 9.69. The van der Waals surface area contributed by atoms with E-state index in [2.05, 4.69) is 9.74 Å². The number of carbonyl (C=O) groups is 1. The molecular formula is C24H18N2O4. The molecule has 0 aliphatic rings. The number of furan rings is 1. The third-order valence-corrected chi connectivity index (χ3v) is 5.69. The summed E-state index contributed by atoms with van der Waals surface area (Å²) in [6, 6.07) is 16.7. The smallest absolute Gasteiger partial charge is 0.304 e. The van der Waals surface area contributed by atoms with Crippen molar-refractivity contribution in [2.24, 2.45) is 5.18 Å². The lowest BCUT2D eigenvalue weighted by Crippen LogP contribution is -2.03. The van der Waals surface area contributed by atoms with Crippen LogP contribution in [-0.4, -0.2) is 15.5 Å². The second kappa shape index (κ2) is 6.56. The molecule has 0 amide bonds. The Labute approximate surface area is 171 Å². The van der Waals surface area contributed by atoms with Gasteiger partial charge in [0.15, 0.2) is 17.1 Å². The number of hydrogen-bond acceptors (Lipinski definition) is 5. The number of rotatable bonds is 4. The maximum atomic E-state index is 13.2. The van der Waals surface area contributed by atoms with Crippen molar-refractivity contribution < 1.29 is 14.3 Å². The lowest BCUT2D eigenvalue weighted by molar-refractivity contribution is 0.103. The average Bonchev–Trinajstić information content (AvgIpc) is 3.27. The van der Waals surface area contributed by atoms with Gasteiger partial charge in [-0.15, -0.1) is 4.91 Å². The third-order valence-electron chi connectivity index (χ3n) is 5.69. The molecule has 5 aromatic rings. The third kappa shape index (κ3) is 2.40. The van der Waals surface area contributed by atoms with Crippen LogP contribution in [0.1, 0.15) is 28.4 Å². The topological polar surface area (TPSA) is 84.8 Å². The molecule has 0 atom stereocenters. The van der Waals surface area contributed by atoms with Crippen molar-refractivity contribution in [3.05, 3.63) is 76.2 Å². The molecule has 0 unspecified atom stereocenters. The minimum Gasteiger partial charge on any atom is -0.502 e. The molecular weight excluding hydrogens is 380 g/mol. The normalized spacial score (nSPS) is 11.5. The molecule has 0 aliphatic carbocycles. The summed E-state index contributed by atoms with van der Waals surface area (Å²) in [5.74, 6) is -0.675. The predicted octanol–water partition coefficient (Wildman–Crippen LogP) is 6.20. The Morgan fingerprint density at radius 1 is 1.07 bits per heavy atom. The fourth-order valence-corrected chi connectivity index (χ4v) is 4.24. The molecule has 6 nitrogen and oxygen atoms in total. The Balaban J connectivity index is 1.85. The van der Waals surface area contributed by atoms with Gasteiger partial charge in [0.1, 0.15) is 0 Å². The number of nitroso groups, excluding NO2 is 1. The van der Waals surface area contributed by atoms with E-state index < -0.39 is 0 Å². The van der Waals surface area contributed by atoms with Gasteiger partial charge in [0.2, 0.25) is 0 Å². The first-order valence-electron chi connectivity index (χ1n) is 9.69. The lowest BCUT2D eigenvalue weighted by Gasteiger charge is -2.06. The molecule has 1 N–H and O–H groups in total. The summed E-state index contributed by atoms with van der Waals surface area (Å²) >= 11 is 0. The number of aromatic hydroxyl groups is 1. The van der Waals surface area contributed by atoms with Crippen molar-refractivity contribution in [1.29, 1.82) is 0 Å². The summed E-state index contributed by atoms with van der Waals surface area (Å²) in [4.78, 5) is 24.2. The molecule has 3 aromatic carbocycles. The second-order valence-corrected chi connectivity index (χ2v) is 7.30. The number of benzene rings is 3. The minimum absolute atomic E-state index is 0.0582. The van der Waals surface area contributed by atoms with Crippen LogP contribution in [0.15, 0.2) is 64.2 Å². The molecule has 5 rings (SSSR count). The standard InChI is InChI=1S/C24H18N2O4/c1-3-26-18-10-8-14(21(27)15-7-5-4-6-13(15)2)12-17(18)20-19(26)11-9-16-22(28)24(25-29)30-23(16)20/h4-12,28H,3H2,1-2H3. The fraction of sp³-hybridized carbons (Fsp3) is 0.125. The number of aromatic nitrogens is 1. The molecule has 0 spiro atoms. The van der Waals surface area contributed by atoms with Crippen LogP contribution in [0.3, 0.4) is 0 Å². The first-order chi connectivity index (χ1) is 14.5. The monoisotopic (exact) mass is 398 g/mol. The molecule has 0 aliphatic heterocycles. The van der Waals surface area contributed by atoms with E-state index in [1.54, 1.807) is 6.07 Å². The maximum Gasteiger partial charge on any atom is 0.304 e. The Kier molecular flexibility index (Phi) is 3.96. The van der Waals surface area contributed by atoms with Gasteiger partial charge in [-0.3, -0.25) is 4.79 Å². The highest BCUT2D eigenvalue weighted by Crippen LogP contribution is 2.44. The van der Waals surface area contributed by atoms with Crippen LogP contribution in [0, 0.1) is 11.8 Å². The van der Waals surface area contributed by atoms with Gasteiger partial charge in [-0.2, -0.15) is 0 Å². The van der Waals surface area contributed by atoms with Crippen molar-refractivity contribution in [2.45, 2.75) is 20.4 Å². The van der Waals surface area contributed by atoms with Crippen molar-refractivity contribution in [3.63, 3.8) is 0 Å². The molecule has 148 valence electrons. The number of fused-ring (bicyclic) bond motifs is 5. The van der Waals surface area contributed by atoms with Crippen molar-refractivity contribution in [3.8, 4) is 5.75 Å². The Bertz CT molecular complexity index is 1490. The highest BCUT2D eigenvalue weighted by Gasteiger charge is 2.22. The van der Waals surface area contributed by atoms with Crippen LogP contribution in [-0.2, 0) is 6.54 Å². The first kappa shape index (κ1) is 18.1. The number of aryl methyl sites for hydroxylation is 2. The average molecular weight is 398 g/mol. The summed E-state index contributed by atoms with van der Waals surface area (Å²) in [6.07, 6.45) is 0. The SMILES string of the molecule is CCn1c2ccc(C(=O)c3ccccc3C)cc2c2c3oc(N=O)c(O)c3ccc21. The number of ketones is 1. The highest BCUT2D eigenvalue weighted by atomic mass is 16.4. The molecule has 0 radical (unpaired) electrons. The maximum absolute atomic E-state index is 13.2. The Morgan fingerprint density at radius 2 is 1.83 bits per heavy atom. The van der Waals surface area contributed by atoms with Crippen molar-refractivity contribution in [1.82, 2.24) is 4.57 Å². The van der Waals surface area contributed by atoms with E-state index >= 15 is 0 Å². The van der Waals surface area contributed by atoms with Gasteiger partial charge in [0.25, 0.3) is 0 Å². The summed E-state index contributed by atoms with van der Waals surface area (Å²) < 4.78 is 7.71. The van der Waals surface area contributed by atoms with Crippen LogP contribution in [0.4, 0.5) is 5.88 Å². The van der Waals surface area contributed by atoms with E-state index in [1.165, 1.54) is 0 Å². The zero-order chi connectivity index (χ0) is 21.0. The largest absolute Gasteiger partial charge is 0.502 e. The number of nitrogens with zero attached hydrogens (tertiary/aromatic N) is 2. The molecule has 30 heavy (non-hydrogen) atoms. The van der Waals surface area contributed by atoms with E-state index in [9.17, 15) is 14.8 Å².